The van der Waals surface area contributed by atoms with Crippen LogP contribution < -0.4 is 5.32 Å². The second kappa shape index (κ2) is 7.30. The summed E-state index contributed by atoms with van der Waals surface area (Å²) in [6, 6.07) is 16.4. The normalized spacial score (nSPS) is 19.7. The molecule has 1 saturated carbocycles. The van der Waals surface area contributed by atoms with Gasteiger partial charge >= 0.3 is 0 Å². The minimum atomic E-state index is -0.484. The molecule has 0 saturated heterocycles. The molecule has 0 spiro atoms. The van der Waals surface area contributed by atoms with Crippen LogP contribution >= 0.6 is 0 Å². The van der Waals surface area contributed by atoms with Gasteiger partial charge in [0.1, 0.15) is 0 Å². The highest BCUT2D eigenvalue weighted by Gasteiger charge is 2.31. The number of rotatable bonds is 5. The second-order valence-corrected chi connectivity index (χ2v) is 7.00. The summed E-state index contributed by atoms with van der Waals surface area (Å²) >= 11 is 0. The van der Waals surface area contributed by atoms with Gasteiger partial charge in [0.2, 0.25) is 5.91 Å². The van der Waals surface area contributed by atoms with Gasteiger partial charge in [-0.3, -0.25) is 4.79 Å². The maximum atomic E-state index is 12.2. The van der Waals surface area contributed by atoms with Gasteiger partial charge < -0.3 is 15.0 Å². The van der Waals surface area contributed by atoms with Gasteiger partial charge in [-0.2, -0.15) is 0 Å². The molecule has 26 heavy (non-hydrogen) atoms. The number of carbonyl (C=O) groups is 1. The quantitative estimate of drug-likeness (QED) is 0.744. The first-order valence-electron chi connectivity index (χ1n) is 9.14. The zero-order valence-corrected chi connectivity index (χ0v) is 14.6. The van der Waals surface area contributed by atoms with Crippen molar-refractivity contribution in [2.45, 2.75) is 38.5 Å². The van der Waals surface area contributed by atoms with E-state index in [1.807, 2.05) is 36.7 Å². The van der Waals surface area contributed by atoms with Crippen LogP contribution in [0.5, 0.6) is 0 Å². The highest BCUT2D eigenvalue weighted by Crippen LogP contribution is 2.25. The molecular weight excluding hydrogens is 326 g/mol. The van der Waals surface area contributed by atoms with E-state index < -0.39 is 6.10 Å². The van der Waals surface area contributed by atoms with Crippen LogP contribution in [0.3, 0.4) is 0 Å². The second-order valence-electron chi connectivity index (χ2n) is 7.00. The van der Waals surface area contributed by atoms with Crippen LogP contribution in [0, 0.1) is 5.92 Å². The molecule has 0 bridgehead atoms. The first-order chi connectivity index (χ1) is 12.7. The molecule has 1 amide bonds. The molecule has 1 fully saturated rings. The number of fused-ring (bicyclic) bond motifs is 1. The van der Waals surface area contributed by atoms with Gasteiger partial charge in [-0.05, 0) is 42.5 Å². The summed E-state index contributed by atoms with van der Waals surface area (Å²) in [5.41, 5.74) is 4.37. The Morgan fingerprint density at radius 3 is 2.65 bits per heavy atom. The van der Waals surface area contributed by atoms with Crippen LogP contribution in [-0.4, -0.2) is 26.7 Å². The largest absolute Gasteiger partial charge is 0.392 e. The summed E-state index contributed by atoms with van der Waals surface area (Å²) in [5.74, 6) is -0.284. The fourth-order valence-electron chi connectivity index (χ4n) is 3.66. The molecule has 5 heteroatoms. The molecule has 4 rings (SSSR count). The Balaban J connectivity index is 1.37. The zero-order chi connectivity index (χ0) is 17.9. The third-order valence-electron chi connectivity index (χ3n) is 5.19. The summed E-state index contributed by atoms with van der Waals surface area (Å²) in [7, 11) is 0. The molecule has 0 radical (unpaired) electrons. The van der Waals surface area contributed by atoms with Crippen molar-refractivity contribution in [1.82, 2.24) is 14.9 Å². The number of aliphatic hydroxyl groups is 1. The molecule has 1 heterocycles. The summed E-state index contributed by atoms with van der Waals surface area (Å²) in [6.45, 7) is 1.26. The number of nitrogens with zero attached hydrogens (tertiary/aromatic N) is 2. The van der Waals surface area contributed by atoms with E-state index in [0.29, 0.717) is 6.54 Å². The van der Waals surface area contributed by atoms with Gasteiger partial charge in [0, 0.05) is 13.1 Å². The number of carbonyl (C=O) groups excluding carboxylic acids is 1. The van der Waals surface area contributed by atoms with Crippen molar-refractivity contribution >= 4 is 16.9 Å². The standard InChI is InChI=1S/C21H23N3O2/c25-20-7-3-4-17(20)21(26)22-12-15-8-10-16(11-9-15)13-24-14-23-18-5-1-2-6-19(18)24/h1-2,5-6,8-11,14,17,20,25H,3-4,7,12-13H2,(H,22,26). The molecule has 0 aliphatic heterocycles. The van der Waals surface area contributed by atoms with Crippen molar-refractivity contribution < 1.29 is 9.90 Å². The first kappa shape index (κ1) is 16.8. The lowest BCUT2D eigenvalue weighted by atomic mass is 10.0. The van der Waals surface area contributed by atoms with E-state index in [1.165, 1.54) is 5.56 Å². The topological polar surface area (TPSA) is 67.2 Å². The van der Waals surface area contributed by atoms with Gasteiger partial charge in [-0.25, -0.2) is 4.98 Å². The van der Waals surface area contributed by atoms with Crippen LogP contribution in [-0.2, 0) is 17.9 Å². The van der Waals surface area contributed by atoms with Crippen molar-refractivity contribution in [3.63, 3.8) is 0 Å². The van der Waals surface area contributed by atoms with Crippen LogP contribution in [0.4, 0.5) is 0 Å². The predicted octanol–water partition coefficient (Wildman–Crippen LogP) is 2.86. The molecule has 2 unspecified atom stereocenters. The van der Waals surface area contributed by atoms with Crippen molar-refractivity contribution in [3.05, 3.63) is 66.0 Å². The maximum Gasteiger partial charge on any atom is 0.225 e. The van der Waals surface area contributed by atoms with E-state index in [0.717, 1.165) is 42.4 Å². The molecule has 1 aliphatic rings. The van der Waals surface area contributed by atoms with E-state index in [-0.39, 0.29) is 11.8 Å². The number of nitrogens with one attached hydrogen (secondary N) is 1. The Labute approximate surface area is 152 Å². The molecule has 2 atom stereocenters. The average Bonchev–Trinajstić information content (AvgIpc) is 3.27. The summed E-state index contributed by atoms with van der Waals surface area (Å²) in [4.78, 5) is 16.6. The van der Waals surface area contributed by atoms with Crippen LogP contribution in [0.25, 0.3) is 11.0 Å². The Morgan fingerprint density at radius 1 is 1.12 bits per heavy atom. The number of imidazole rings is 1. The lowest BCUT2D eigenvalue weighted by molar-refractivity contribution is -0.127. The molecule has 1 aliphatic carbocycles. The fraction of sp³-hybridized carbons (Fsp3) is 0.333. The highest BCUT2D eigenvalue weighted by atomic mass is 16.3. The van der Waals surface area contributed by atoms with E-state index in [9.17, 15) is 9.90 Å². The molecule has 3 aromatic rings. The molecule has 2 aromatic carbocycles. The molecule has 2 N–H and O–H groups in total. The third kappa shape index (κ3) is 3.48. The van der Waals surface area contributed by atoms with Crippen LogP contribution in [0.2, 0.25) is 0 Å². The Bertz CT molecular complexity index is 901. The average molecular weight is 349 g/mol. The number of amides is 1. The first-order valence-corrected chi connectivity index (χ1v) is 9.14. The predicted molar refractivity (Wildman–Crippen MR) is 100 cm³/mol. The van der Waals surface area contributed by atoms with Crippen LogP contribution in [0.15, 0.2) is 54.9 Å². The smallest absolute Gasteiger partial charge is 0.225 e. The van der Waals surface area contributed by atoms with Crippen LogP contribution in [0.1, 0.15) is 30.4 Å². The van der Waals surface area contributed by atoms with Gasteiger partial charge in [-0.15, -0.1) is 0 Å². The molecular formula is C21H23N3O2. The lowest BCUT2D eigenvalue weighted by Gasteiger charge is -2.14. The number of aliphatic hydroxyl groups excluding tert-OH is 1. The van der Waals surface area contributed by atoms with Crippen molar-refractivity contribution in [3.8, 4) is 0 Å². The summed E-state index contributed by atoms with van der Waals surface area (Å²) < 4.78 is 2.13. The highest BCUT2D eigenvalue weighted by molar-refractivity contribution is 5.79. The number of hydrogen-bond acceptors (Lipinski definition) is 3. The van der Waals surface area contributed by atoms with E-state index in [1.54, 1.807) is 0 Å². The fourth-order valence-corrected chi connectivity index (χ4v) is 3.66. The summed E-state index contributed by atoms with van der Waals surface area (Å²) in [5, 5.41) is 12.8. The van der Waals surface area contributed by atoms with E-state index >= 15 is 0 Å². The van der Waals surface area contributed by atoms with Crippen molar-refractivity contribution in [1.29, 1.82) is 0 Å². The lowest BCUT2D eigenvalue weighted by Crippen LogP contribution is -2.34. The molecule has 1 aromatic heterocycles. The van der Waals surface area contributed by atoms with Gasteiger partial charge in [0.05, 0.1) is 29.4 Å². The summed E-state index contributed by atoms with van der Waals surface area (Å²) in [6.07, 6.45) is 3.82. The maximum absolute atomic E-state index is 12.2. The monoisotopic (exact) mass is 349 g/mol. The Kier molecular flexibility index (Phi) is 4.71. The minimum Gasteiger partial charge on any atom is -0.392 e. The Morgan fingerprint density at radius 2 is 1.88 bits per heavy atom. The number of aromatic nitrogens is 2. The SMILES string of the molecule is O=C(NCc1ccc(Cn2cnc3ccccc32)cc1)C1CCCC1O. The van der Waals surface area contributed by atoms with Crippen molar-refractivity contribution in [2.24, 2.45) is 5.92 Å². The molecule has 5 nitrogen and oxygen atoms in total. The zero-order valence-electron chi connectivity index (χ0n) is 14.6. The van der Waals surface area contributed by atoms with Gasteiger partial charge in [0.15, 0.2) is 0 Å². The minimum absolute atomic E-state index is 0.0380. The Hall–Kier alpha value is -2.66. The third-order valence-corrected chi connectivity index (χ3v) is 5.19. The number of para-hydroxylation sites is 2. The van der Waals surface area contributed by atoms with Gasteiger partial charge in [-0.1, -0.05) is 36.4 Å². The van der Waals surface area contributed by atoms with E-state index in [2.05, 4.69) is 33.1 Å². The molecule has 134 valence electrons. The van der Waals surface area contributed by atoms with Gasteiger partial charge in [0.25, 0.3) is 0 Å². The van der Waals surface area contributed by atoms with Crippen molar-refractivity contribution in [2.75, 3.05) is 0 Å². The number of benzene rings is 2. The number of hydrogen-bond donors (Lipinski definition) is 2. The van der Waals surface area contributed by atoms with E-state index in [4.69, 9.17) is 0 Å².